The predicted molar refractivity (Wildman–Crippen MR) is 99.6 cm³/mol. The number of nitrogens with one attached hydrogen (secondary N) is 1. The van der Waals surface area contributed by atoms with E-state index in [1.54, 1.807) is 28.9 Å². The summed E-state index contributed by atoms with van der Waals surface area (Å²) in [5.74, 6) is 0.179. The van der Waals surface area contributed by atoms with Crippen LogP contribution in [0.2, 0.25) is 10.2 Å². The first kappa shape index (κ1) is 19.3. The van der Waals surface area contributed by atoms with Crippen LogP contribution in [-0.2, 0) is 11.3 Å². The molecule has 1 amide bonds. The smallest absolute Gasteiger partial charge is 0.277 e. The maximum absolute atomic E-state index is 11.8. The van der Waals surface area contributed by atoms with Gasteiger partial charge >= 0.3 is 0 Å². The highest BCUT2D eigenvalue weighted by atomic mass is 35.5. The summed E-state index contributed by atoms with van der Waals surface area (Å²) < 4.78 is 7.08. The molecule has 25 heavy (non-hydrogen) atoms. The fourth-order valence-electron chi connectivity index (χ4n) is 2.05. The van der Waals surface area contributed by atoms with E-state index in [9.17, 15) is 4.79 Å². The second-order valence-corrected chi connectivity index (χ2v) is 6.20. The van der Waals surface area contributed by atoms with Crippen molar-refractivity contribution in [2.45, 2.75) is 33.2 Å². The summed E-state index contributed by atoms with van der Waals surface area (Å²) in [6.07, 6.45) is 3.55. The Hall–Kier alpha value is -2.05. The number of carbonyl (C=O) groups is 1. The van der Waals surface area contributed by atoms with E-state index < -0.39 is 0 Å². The number of unbranched alkanes of at least 4 members (excludes halogenated alkanes) is 1. The maximum Gasteiger partial charge on any atom is 0.277 e. The lowest BCUT2D eigenvalue weighted by Gasteiger charge is -2.04. The van der Waals surface area contributed by atoms with Gasteiger partial charge in [0.1, 0.15) is 10.9 Å². The van der Waals surface area contributed by atoms with Crippen LogP contribution in [0.3, 0.4) is 0 Å². The van der Waals surface area contributed by atoms with Gasteiger partial charge in [0, 0.05) is 11.6 Å². The molecule has 0 aliphatic rings. The molecule has 0 bridgehead atoms. The van der Waals surface area contributed by atoms with Crippen molar-refractivity contribution < 1.29 is 9.53 Å². The molecule has 2 rings (SSSR count). The highest BCUT2D eigenvalue weighted by Crippen LogP contribution is 2.18. The van der Waals surface area contributed by atoms with E-state index in [1.165, 1.54) is 6.21 Å². The van der Waals surface area contributed by atoms with Crippen LogP contribution in [0.25, 0.3) is 0 Å². The van der Waals surface area contributed by atoms with E-state index in [1.807, 2.05) is 6.92 Å². The van der Waals surface area contributed by atoms with E-state index >= 15 is 0 Å². The van der Waals surface area contributed by atoms with Crippen LogP contribution in [0.1, 0.15) is 31.0 Å². The van der Waals surface area contributed by atoms with Gasteiger partial charge in [-0.3, -0.25) is 9.48 Å². The quantitative estimate of drug-likeness (QED) is 0.557. The lowest BCUT2D eigenvalue weighted by Crippen LogP contribution is -2.24. The minimum Gasteiger partial charge on any atom is -0.484 e. The largest absolute Gasteiger partial charge is 0.484 e. The van der Waals surface area contributed by atoms with Gasteiger partial charge in [-0.15, -0.1) is 0 Å². The summed E-state index contributed by atoms with van der Waals surface area (Å²) in [4.78, 5) is 11.8. The van der Waals surface area contributed by atoms with Gasteiger partial charge in [0.05, 0.1) is 17.5 Å². The van der Waals surface area contributed by atoms with Crippen molar-refractivity contribution in [2.24, 2.45) is 5.10 Å². The molecule has 1 aromatic heterocycles. The summed E-state index contributed by atoms with van der Waals surface area (Å²) >= 11 is 12.1. The fourth-order valence-corrected chi connectivity index (χ4v) is 2.48. The van der Waals surface area contributed by atoms with Gasteiger partial charge in [-0.2, -0.15) is 10.2 Å². The second kappa shape index (κ2) is 9.44. The molecule has 0 saturated carbocycles. The minimum absolute atomic E-state index is 0.151. The molecule has 0 fully saturated rings. The fraction of sp³-hybridized carbons (Fsp3) is 0.353. The average molecular weight is 383 g/mol. The number of carbonyl (C=O) groups excluding carboxylic acids is 1. The lowest BCUT2D eigenvalue weighted by molar-refractivity contribution is -0.123. The van der Waals surface area contributed by atoms with Gasteiger partial charge in [-0.05, 0) is 37.6 Å². The molecule has 0 atom stereocenters. The molecule has 1 heterocycles. The Morgan fingerprint density at radius 2 is 2.08 bits per heavy atom. The third-order valence-corrected chi connectivity index (χ3v) is 4.05. The van der Waals surface area contributed by atoms with Crippen LogP contribution in [0, 0.1) is 6.92 Å². The standard InChI is InChI=1S/C17H20Cl2N4O2/c1-3-4-9-23-17(19)15(12(2)22-23)10-20-21-16(24)11-25-14-7-5-13(18)6-8-14/h5-8,10H,3-4,9,11H2,1-2H3,(H,21,24)/b20-10+. The number of rotatable bonds is 8. The van der Waals surface area contributed by atoms with Crippen LogP contribution in [0.15, 0.2) is 29.4 Å². The molecule has 1 aromatic carbocycles. The number of aryl methyl sites for hydroxylation is 2. The molecule has 0 aliphatic carbocycles. The molecule has 0 aliphatic heterocycles. The van der Waals surface area contributed by atoms with Gasteiger partial charge < -0.3 is 4.74 Å². The Kier molecular flexibility index (Phi) is 7.28. The van der Waals surface area contributed by atoms with Crippen LogP contribution in [0.4, 0.5) is 0 Å². The zero-order chi connectivity index (χ0) is 18.2. The second-order valence-electron chi connectivity index (χ2n) is 5.40. The number of hydrazone groups is 1. The first-order chi connectivity index (χ1) is 12.0. The third-order valence-electron chi connectivity index (χ3n) is 3.40. The Morgan fingerprint density at radius 1 is 1.36 bits per heavy atom. The zero-order valence-corrected chi connectivity index (χ0v) is 15.6. The van der Waals surface area contributed by atoms with Crippen molar-refractivity contribution in [1.29, 1.82) is 0 Å². The number of benzene rings is 1. The highest BCUT2D eigenvalue weighted by molar-refractivity contribution is 6.32. The number of ether oxygens (including phenoxy) is 1. The Balaban J connectivity index is 1.86. The number of halogens is 2. The summed E-state index contributed by atoms with van der Waals surface area (Å²) in [6.45, 7) is 4.56. The number of hydrogen-bond donors (Lipinski definition) is 1. The molecule has 6 nitrogen and oxygen atoms in total. The SMILES string of the molecule is CCCCn1nc(C)c(/C=N/NC(=O)COc2ccc(Cl)cc2)c1Cl. The Labute approximate surface area is 156 Å². The predicted octanol–water partition coefficient (Wildman–Crippen LogP) is 3.83. The van der Waals surface area contributed by atoms with Crippen molar-refractivity contribution in [2.75, 3.05) is 6.61 Å². The van der Waals surface area contributed by atoms with Crippen LogP contribution in [0.5, 0.6) is 5.75 Å². The van der Waals surface area contributed by atoms with E-state index in [2.05, 4.69) is 22.5 Å². The van der Waals surface area contributed by atoms with Crippen LogP contribution < -0.4 is 10.2 Å². The van der Waals surface area contributed by atoms with E-state index in [4.69, 9.17) is 27.9 Å². The summed E-state index contributed by atoms with van der Waals surface area (Å²) in [6, 6.07) is 6.75. The topological polar surface area (TPSA) is 68.5 Å². The normalized spacial score (nSPS) is 11.0. The van der Waals surface area contributed by atoms with E-state index in [0.29, 0.717) is 21.5 Å². The van der Waals surface area contributed by atoms with Gasteiger partial charge in [0.15, 0.2) is 6.61 Å². The molecule has 1 N–H and O–H groups in total. The summed E-state index contributed by atoms with van der Waals surface area (Å²) in [5, 5.41) is 9.41. The van der Waals surface area contributed by atoms with Gasteiger partial charge in [0.25, 0.3) is 5.91 Å². The Morgan fingerprint density at radius 3 is 2.76 bits per heavy atom. The number of amides is 1. The van der Waals surface area contributed by atoms with Crippen molar-refractivity contribution in [3.05, 3.63) is 45.7 Å². The lowest BCUT2D eigenvalue weighted by atomic mass is 10.3. The molecular weight excluding hydrogens is 363 g/mol. The molecule has 8 heteroatoms. The van der Waals surface area contributed by atoms with Gasteiger partial charge in [-0.1, -0.05) is 36.5 Å². The molecular formula is C17H20Cl2N4O2. The maximum atomic E-state index is 11.8. The molecule has 134 valence electrons. The monoisotopic (exact) mass is 382 g/mol. The summed E-state index contributed by atoms with van der Waals surface area (Å²) in [5.41, 5.74) is 3.86. The summed E-state index contributed by atoms with van der Waals surface area (Å²) in [7, 11) is 0. The minimum atomic E-state index is -0.377. The van der Waals surface area contributed by atoms with Crippen LogP contribution >= 0.6 is 23.2 Å². The van der Waals surface area contributed by atoms with Crippen molar-refractivity contribution in [1.82, 2.24) is 15.2 Å². The van der Waals surface area contributed by atoms with Crippen LogP contribution in [-0.4, -0.2) is 28.5 Å². The molecule has 0 saturated heterocycles. The van der Waals surface area contributed by atoms with E-state index in [0.717, 1.165) is 25.1 Å². The van der Waals surface area contributed by atoms with Gasteiger partial charge in [0.2, 0.25) is 0 Å². The molecule has 0 radical (unpaired) electrons. The molecule has 0 spiro atoms. The zero-order valence-electron chi connectivity index (χ0n) is 14.1. The molecule has 2 aromatic rings. The molecule has 0 unspecified atom stereocenters. The number of aromatic nitrogens is 2. The number of hydrogen-bond acceptors (Lipinski definition) is 4. The van der Waals surface area contributed by atoms with Gasteiger partial charge in [-0.25, -0.2) is 5.43 Å². The van der Waals surface area contributed by atoms with Crippen molar-refractivity contribution in [3.8, 4) is 5.75 Å². The Bertz CT molecular complexity index is 742. The third kappa shape index (κ3) is 5.76. The van der Waals surface area contributed by atoms with E-state index in [-0.39, 0.29) is 12.5 Å². The average Bonchev–Trinajstić information content (AvgIpc) is 2.87. The van der Waals surface area contributed by atoms with Crippen molar-refractivity contribution >= 4 is 35.3 Å². The first-order valence-corrected chi connectivity index (χ1v) is 8.70. The first-order valence-electron chi connectivity index (χ1n) is 7.94. The highest BCUT2D eigenvalue weighted by Gasteiger charge is 2.11. The van der Waals surface area contributed by atoms with Crippen molar-refractivity contribution in [3.63, 3.8) is 0 Å². The number of nitrogens with zero attached hydrogens (tertiary/aromatic N) is 3.